The first kappa shape index (κ1) is 11.0. The number of hydrogen-bond donors (Lipinski definition) is 1. The highest BCUT2D eigenvalue weighted by molar-refractivity contribution is 6.29. The van der Waals surface area contributed by atoms with Gasteiger partial charge in [-0.2, -0.15) is 0 Å². The molecule has 2 rings (SSSR count). The van der Waals surface area contributed by atoms with Crippen LogP contribution in [0.3, 0.4) is 0 Å². The summed E-state index contributed by atoms with van der Waals surface area (Å²) in [6.45, 7) is 3.73. The fraction of sp³-hybridized carbons (Fsp3) is 0.273. The second-order valence-electron chi connectivity index (χ2n) is 3.39. The summed E-state index contributed by atoms with van der Waals surface area (Å²) >= 11 is 5.75. The molecule has 2 aromatic rings. The third-order valence-corrected chi connectivity index (χ3v) is 2.58. The first-order valence-electron chi connectivity index (χ1n) is 5.14. The van der Waals surface area contributed by atoms with Crippen LogP contribution < -0.4 is 4.90 Å². The first-order chi connectivity index (χ1) is 7.79. The number of halogens is 1. The van der Waals surface area contributed by atoms with Gasteiger partial charge in [-0.1, -0.05) is 11.6 Å². The number of H-pyrrole nitrogens is 1. The second kappa shape index (κ2) is 4.99. The van der Waals surface area contributed by atoms with Crippen LogP contribution in [0.15, 0.2) is 30.7 Å². The highest BCUT2D eigenvalue weighted by Crippen LogP contribution is 2.16. The molecule has 5 heteroatoms. The minimum atomic E-state index is 0.512. The van der Waals surface area contributed by atoms with Gasteiger partial charge >= 0.3 is 0 Å². The zero-order valence-corrected chi connectivity index (χ0v) is 9.78. The Hall–Kier alpha value is -1.55. The maximum atomic E-state index is 5.75. The summed E-state index contributed by atoms with van der Waals surface area (Å²) in [5.74, 6) is 0.941. The monoisotopic (exact) mass is 236 g/mol. The fourth-order valence-electron chi connectivity index (χ4n) is 1.51. The number of nitrogens with zero attached hydrogens (tertiary/aromatic N) is 3. The van der Waals surface area contributed by atoms with Crippen LogP contribution >= 0.6 is 11.6 Å². The van der Waals surface area contributed by atoms with E-state index in [1.165, 1.54) is 0 Å². The number of nitrogens with one attached hydrogen (secondary N) is 1. The first-order valence-corrected chi connectivity index (χ1v) is 5.52. The van der Waals surface area contributed by atoms with Gasteiger partial charge in [0.1, 0.15) is 11.0 Å². The Morgan fingerprint density at radius 1 is 1.38 bits per heavy atom. The molecule has 4 nitrogen and oxygen atoms in total. The third-order valence-electron chi connectivity index (χ3n) is 2.35. The van der Waals surface area contributed by atoms with Gasteiger partial charge in [-0.3, -0.25) is 0 Å². The van der Waals surface area contributed by atoms with E-state index in [-0.39, 0.29) is 0 Å². The molecule has 2 heterocycles. The van der Waals surface area contributed by atoms with Crippen LogP contribution in [-0.4, -0.2) is 21.5 Å². The molecule has 0 atom stereocenters. The number of imidazole rings is 1. The molecule has 0 amide bonds. The van der Waals surface area contributed by atoms with Crippen molar-refractivity contribution >= 4 is 17.3 Å². The summed E-state index contributed by atoms with van der Waals surface area (Å²) in [6, 6.07) is 3.75. The van der Waals surface area contributed by atoms with E-state index < -0.39 is 0 Å². The predicted molar refractivity (Wildman–Crippen MR) is 64.6 cm³/mol. The summed E-state index contributed by atoms with van der Waals surface area (Å²) < 4.78 is 0. The minimum absolute atomic E-state index is 0.512. The molecule has 0 aliphatic heterocycles. The Morgan fingerprint density at radius 3 is 2.81 bits per heavy atom. The van der Waals surface area contributed by atoms with Crippen molar-refractivity contribution in [3.8, 4) is 0 Å². The molecule has 0 bridgehead atoms. The molecule has 84 valence electrons. The molecule has 0 aliphatic rings. The predicted octanol–water partition coefficient (Wildman–Crippen LogP) is 2.48. The molecule has 0 aliphatic carbocycles. The summed E-state index contributed by atoms with van der Waals surface area (Å²) in [5.41, 5.74) is 1.04. The lowest BCUT2D eigenvalue weighted by atomic mass is 10.3. The zero-order valence-electron chi connectivity index (χ0n) is 9.02. The van der Waals surface area contributed by atoms with Crippen molar-refractivity contribution < 1.29 is 0 Å². The molecule has 2 aromatic heterocycles. The van der Waals surface area contributed by atoms with Gasteiger partial charge < -0.3 is 9.88 Å². The van der Waals surface area contributed by atoms with Gasteiger partial charge in [-0.15, -0.1) is 0 Å². The van der Waals surface area contributed by atoms with Crippen molar-refractivity contribution in [2.24, 2.45) is 0 Å². The summed E-state index contributed by atoms with van der Waals surface area (Å²) in [4.78, 5) is 13.5. The Kier molecular flexibility index (Phi) is 3.41. The Morgan fingerprint density at radius 2 is 2.25 bits per heavy atom. The van der Waals surface area contributed by atoms with Crippen molar-refractivity contribution in [3.05, 3.63) is 41.7 Å². The minimum Gasteiger partial charge on any atom is -0.363 e. The average Bonchev–Trinajstić information content (AvgIpc) is 2.80. The Labute approximate surface area is 99.3 Å². The van der Waals surface area contributed by atoms with Crippen LogP contribution in [0, 0.1) is 0 Å². The van der Waals surface area contributed by atoms with Crippen molar-refractivity contribution in [2.45, 2.75) is 13.5 Å². The Bertz CT molecular complexity index is 424. The lowest BCUT2D eigenvalue weighted by molar-refractivity contribution is 0.790. The highest BCUT2D eigenvalue weighted by atomic mass is 35.5. The highest BCUT2D eigenvalue weighted by Gasteiger charge is 2.06. The summed E-state index contributed by atoms with van der Waals surface area (Å²) in [7, 11) is 0. The molecular formula is C11H13ClN4. The topological polar surface area (TPSA) is 44.8 Å². The van der Waals surface area contributed by atoms with Crippen molar-refractivity contribution in [3.63, 3.8) is 0 Å². The molecular weight excluding hydrogens is 224 g/mol. The molecule has 0 unspecified atom stereocenters. The fourth-order valence-corrected chi connectivity index (χ4v) is 1.62. The number of rotatable bonds is 4. The molecule has 0 saturated carbocycles. The number of pyridine rings is 1. The second-order valence-corrected chi connectivity index (χ2v) is 3.78. The smallest absolute Gasteiger partial charge is 0.129 e. The molecule has 0 radical (unpaired) electrons. The van der Waals surface area contributed by atoms with E-state index in [1.807, 2.05) is 12.3 Å². The number of aromatic nitrogens is 3. The zero-order chi connectivity index (χ0) is 11.4. The molecule has 0 saturated heterocycles. The number of hydrogen-bond acceptors (Lipinski definition) is 3. The standard InChI is InChI=1S/C11H13ClN4/c1-2-16(8-11-13-5-6-14-11)9-3-4-10(12)15-7-9/h3-7H,2,8H2,1H3,(H,13,14). The van der Waals surface area contributed by atoms with Crippen molar-refractivity contribution in [1.82, 2.24) is 15.0 Å². The van der Waals surface area contributed by atoms with E-state index in [9.17, 15) is 0 Å². The van der Waals surface area contributed by atoms with Gasteiger partial charge in [0, 0.05) is 18.9 Å². The quantitative estimate of drug-likeness (QED) is 0.830. The lowest BCUT2D eigenvalue weighted by Crippen LogP contribution is -2.22. The molecule has 1 N–H and O–H groups in total. The van der Waals surface area contributed by atoms with Crippen LogP contribution in [0.25, 0.3) is 0 Å². The molecule has 0 aromatic carbocycles. The van der Waals surface area contributed by atoms with Gasteiger partial charge in [-0.05, 0) is 19.1 Å². The summed E-state index contributed by atoms with van der Waals surface area (Å²) in [5, 5.41) is 0.512. The molecule has 0 spiro atoms. The van der Waals surface area contributed by atoms with E-state index in [0.717, 1.165) is 24.6 Å². The van der Waals surface area contributed by atoms with Crippen molar-refractivity contribution in [1.29, 1.82) is 0 Å². The maximum absolute atomic E-state index is 5.75. The summed E-state index contributed by atoms with van der Waals surface area (Å²) in [6.07, 6.45) is 5.35. The SMILES string of the molecule is CCN(Cc1ncc[nH]1)c1ccc(Cl)nc1. The van der Waals surface area contributed by atoms with Gasteiger partial charge in [0.05, 0.1) is 18.4 Å². The third kappa shape index (κ3) is 2.52. The van der Waals surface area contributed by atoms with Gasteiger partial charge in [0.15, 0.2) is 0 Å². The van der Waals surface area contributed by atoms with E-state index in [1.54, 1.807) is 18.5 Å². The van der Waals surface area contributed by atoms with E-state index >= 15 is 0 Å². The normalized spacial score (nSPS) is 10.4. The number of anilines is 1. The van der Waals surface area contributed by atoms with Gasteiger partial charge in [0.2, 0.25) is 0 Å². The molecule has 16 heavy (non-hydrogen) atoms. The largest absolute Gasteiger partial charge is 0.363 e. The average molecular weight is 237 g/mol. The van der Waals surface area contributed by atoms with Gasteiger partial charge in [0.25, 0.3) is 0 Å². The van der Waals surface area contributed by atoms with E-state index in [4.69, 9.17) is 11.6 Å². The van der Waals surface area contributed by atoms with Gasteiger partial charge in [-0.25, -0.2) is 9.97 Å². The van der Waals surface area contributed by atoms with Crippen molar-refractivity contribution in [2.75, 3.05) is 11.4 Å². The van der Waals surface area contributed by atoms with E-state index in [0.29, 0.717) is 5.15 Å². The van der Waals surface area contributed by atoms with Crippen LogP contribution in [0.2, 0.25) is 5.15 Å². The van der Waals surface area contributed by atoms with Crippen LogP contribution in [-0.2, 0) is 6.54 Å². The number of aromatic amines is 1. The maximum Gasteiger partial charge on any atom is 0.129 e. The lowest BCUT2D eigenvalue weighted by Gasteiger charge is -2.21. The van der Waals surface area contributed by atoms with Crippen LogP contribution in [0.1, 0.15) is 12.7 Å². The molecule has 0 fully saturated rings. The Balaban J connectivity index is 2.13. The van der Waals surface area contributed by atoms with Crippen LogP contribution in [0.5, 0.6) is 0 Å². The van der Waals surface area contributed by atoms with E-state index in [2.05, 4.69) is 26.8 Å². The van der Waals surface area contributed by atoms with Crippen LogP contribution in [0.4, 0.5) is 5.69 Å².